The quantitative estimate of drug-likeness (QED) is 0.624. The molecule has 0 aromatic heterocycles. The molecule has 1 fully saturated rings. The zero-order chi connectivity index (χ0) is 12.8. The van der Waals surface area contributed by atoms with Gasteiger partial charge in [0, 0.05) is 17.3 Å². The molecule has 1 aliphatic carbocycles. The van der Waals surface area contributed by atoms with Crippen LogP contribution in [0.25, 0.3) is 0 Å². The maximum absolute atomic E-state index is 11.0. The lowest BCUT2D eigenvalue weighted by Crippen LogP contribution is -2.29. The third kappa shape index (κ3) is 3.00. The van der Waals surface area contributed by atoms with E-state index >= 15 is 0 Å². The van der Waals surface area contributed by atoms with Gasteiger partial charge in [-0.25, -0.2) is 0 Å². The van der Waals surface area contributed by atoms with Gasteiger partial charge >= 0.3 is 0 Å². The smallest absolute Gasteiger partial charge is 0.152 e. The molecule has 2 rings (SSSR count). The van der Waals surface area contributed by atoms with Crippen LogP contribution in [0.15, 0.2) is 36.9 Å². The second-order valence-corrected chi connectivity index (χ2v) is 5.01. The van der Waals surface area contributed by atoms with Crippen LogP contribution in [0.1, 0.15) is 42.5 Å². The van der Waals surface area contributed by atoms with Gasteiger partial charge in [0.05, 0.1) is 0 Å². The summed E-state index contributed by atoms with van der Waals surface area (Å²) in [5.41, 5.74) is 1.64. The molecular weight excluding hydrogens is 222 g/mol. The zero-order valence-corrected chi connectivity index (χ0v) is 10.8. The fourth-order valence-electron chi connectivity index (χ4n) is 2.77. The predicted molar refractivity (Wildman–Crippen MR) is 76.0 cm³/mol. The zero-order valence-electron chi connectivity index (χ0n) is 10.8. The molecule has 0 radical (unpaired) electrons. The Morgan fingerprint density at radius 3 is 2.61 bits per heavy atom. The molecule has 0 saturated heterocycles. The highest BCUT2D eigenvalue weighted by molar-refractivity contribution is 5.84. The number of hydrogen-bond acceptors (Lipinski definition) is 2. The maximum atomic E-state index is 11.0. The van der Waals surface area contributed by atoms with E-state index in [4.69, 9.17) is 0 Å². The van der Waals surface area contributed by atoms with E-state index in [2.05, 4.69) is 11.9 Å². The van der Waals surface area contributed by atoms with E-state index in [1.807, 2.05) is 30.3 Å². The Hall–Kier alpha value is -1.57. The SMILES string of the molecule is C=C[C@H](Nc1ccccc1C=O)C1CCCCC1. The van der Waals surface area contributed by atoms with Gasteiger partial charge in [0.2, 0.25) is 0 Å². The van der Waals surface area contributed by atoms with Crippen molar-refractivity contribution in [2.24, 2.45) is 5.92 Å². The molecule has 1 aromatic rings. The summed E-state index contributed by atoms with van der Waals surface area (Å²) in [6, 6.07) is 7.92. The van der Waals surface area contributed by atoms with Gasteiger partial charge in [0.15, 0.2) is 6.29 Å². The molecule has 0 aliphatic heterocycles. The number of aldehydes is 1. The van der Waals surface area contributed by atoms with Crippen molar-refractivity contribution >= 4 is 12.0 Å². The number of nitrogens with one attached hydrogen (secondary N) is 1. The molecule has 1 aromatic carbocycles. The number of para-hydroxylation sites is 1. The molecule has 2 heteroatoms. The first kappa shape index (κ1) is 12.9. The minimum Gasteiger partial charge on any atom is -0.378 e. The Labute approximate surface area is 109 Å². The summed E-state index contributed by atoms with van der Waals surface area (Å²) in [4.78, 5) is 11.0. The fourth-order valence-corrected chi connectivity index (χ4v) is 2.77. The topological polar surface area (TPSA) is 29.1 Å². The molecule has 18 heavy (non-hydrogen) atoms. The van der Waals surface area contributed by atoms with Gasteiger partial charge in [-0.05, 0) is 30.9 Å². The van der Waals surface area contributed by atoms with Crippen molar-refractivity contribution in [1.29, 1.82) is 0 Å². The van der Waals surface area contributed by atoms with E-state index in [-0.39, 0.29) is 6.04 Å². The van der Waals surface area contributed by atoms with E-state index in [1.165, 1.54) is 32.1 Å². The van der Waals surface area contributed by atoms with Gasteiger partial charge in [-0.3, -0.25) is 4.79 Å². The van der Waals surface area contributed by atoms with E-state index in [9.17, 15) is 4.79 Å². The van der Waals surface area contributed by atoms with Crippen molar-refractivity contribution in [1.82, 2.24) is 0 Å². The van der Waals surface area contributed by atoms with Crippen molar-refractivity contribution in [3.63, 3.8) is 0 Å². The van der Waals surface area contributed by atoms with Crippen LogP contribution >= 0.6 is 0 Å². The lowest BCUT2D eigenvalue weighted by molar-refractivity contribution is 0.112. The first-order valence-electron chi connectivity index (χ1n) is 6.78. The molecule has 0 amide bonds. The lowest BCUT2D eigenvalue weighted by Gasteiger charge is -2.29. The summed E-state index contributed by atoms with van der Waals surface area (Å²) in [5.74, 6) is 0.649. The summed E-state index contributed by atoms with van der Waals surface area (Å²) in [6.07, 6.45) is 9.38. The highest BCUT2D eigenvalue weighted by Crippen LogP contribution is 2.29. The Kier molecular flexibility index (Phi) is 4.57. The fraction of sp³-hybridized carbons (Fsp3) is 0.438. The van der Waals surface area contributed by atoms with Crippen LogP contribution in [-0.2, 0) is 0 Å². The normalized spacial score (nSPS) is 18.0. The van der Waals surface area contributed by atoms with Crippen LogP contribution < -0.4 is 5.32 Å². The molecule has 0 bridgehead atoms. The third-order valence-electron chi connectivity index (χ3n) is 3.82. The van der Waals surface area contributed by atoms with E-state index in [0.29, 0.717) is 5.92 Å². The van der Waals surface area contributed by atoms with Crippen LogP contribution in [0.4, 0.5) is 5.69 Å². The molecule has 1 saturated carbocycles. The van der Waals surface area contributed by atoms with E-state index in [0.717, 1.165) is 17.5 Å². The summed E-state index contributed by atoms with van der Waals surface area (Å²) in [5, 5.41) is 3.47. The van der Waals surface area contributed by atoms with E-state index in [1.54, 1.807) is 0 Å². The summed E-state index contributed by atoms with van der Waals surface area (Å²) < 4.78 is 0. The van der Waals surface area contributed by atoms with Crippen LogP contribution in [0.2, 0.25) is 0 Å². The highest BCUT2D eigenvalue weighted by atomic mass is 16.1. The van der Waals surface area contributed by atoms with Crippen LogP contribution in [0.3, 0.4) is 0 Å². The number of benzene rings is 1. The second kappa shape index (κ2) is 6.39. The van der Waals surface area contributed by atoms with Crippen LogP contribution in [0, 0.1) is 5.92 Å². The van der Waals surface area contributed by atoms with Crippen LogP contribution in [-0.4, -0.2) is 12.3 Å². The molecule has 0 spiro atoms. The van der Waals surface area contributed by atoms with Crippen molar-refractivity contribution in [3.05, 3.63) is 42.5 Å². The summed E-state index contributed by atoms with van der Waals surface area (Å²) in [7, 11) is 0. The number of carbonyl (C=O) groups excluding carboxylic acids is 1. The average Bonchev–Trinajstić information content (AvgIpc) is 2.46. The van der Waals surface area contributed by atoms with Gasteiger partial charge in [0.25, 0.3) is 0 Å². The second-order valence-electron chi connectivity index (χ2n) is 5.01. The number of rotatable bonds is 5. The largest absolute Gasteiger partial charge is 0.378 e. The molecule has 1 N–H and O–H groups in total. The molecule has 1 aliphatic rings. The number of anilines is 1. The Balaban J connectivity index is 2.09. The Bertz CT molecular complexity index is 407. The maximum Gasteiger partial charge on any atom is 0.152 e. The minimum absolute atomic E-state index is 0.270. The van der Waals surface area contributed by atoms with Gasteiger partial charge in [0.1, 0.15) is 0 Å². The Morgan fingerprint density at radius 2 is 1.94 bits per heavy atom. The van der Waals surface area contributed by atoms with Gasteiger partial charge in [-0.15, -0.1) is 6.58 Å². The van der Waals surface area contributed by atoms with Crippen molar-refractivity contribution in [2.45, 2.75) is 38.1 Å². The molecule has 96 valence electrons. The molecule has 0 heterocycles. The van der Waals surface area contributed by atoms with Crippen molar-refractivity contribution < 1.29 is 4.79 Å². The minimum atomic E-state index is 0.270. The molecule has 0 unspecified atom stereocenters. The first-order chi connectivity index (χ1) is 8.85. The van der Waals surface area contributed by atoms with Crippen molar-refractivity contribution in [3.8, 4) is 0 Å². The molecular formula is C16H21NO. The standard InChI is InChI=1S/C16H21NO/c1-2-15(13-8-4-3-5-9-13)17-16-11-7-6-10-14(16)12-18/h2,6-7,10-13,15,17H,1,3-5,8-9H2/t15-/m0/s1. The first-order valence-corrected chi connectivity index (χ1v) is 6.78. The monoisotopic (exact) mass is 243 g/mol. The predicted octanol–water partition coefficient (Wildman–Crippen LogP) is 4.05. The van der Waals surface area contributed by atoms with Gasteiger partial charge < -0.3 is 5.32 Å². The van der Waals surface area contributed by atoms with Crippen LogP contribution in [0.5, 0.6) is 0 Å². The van der Waals surface area contributed by atoms with Gasteiger partial charge in [-0.1, -0.05) is 37.5 Å². The van der Waals surface area contributed by atoms with Gasteiger partial charge in [-0.2, -0.15) is 0 Å². The molecule has 1 atom stereocenters. The summed E-state index contributed by atoms with van der Waals surface area (Å²) >= 11 is 0. The highest BCUT2D eigenvalue weighted by Gasteiger charge is 2.21. The lowest BCUT2D eigenvalue weighted by atomic mass is 9.84. The van der Waals surface area contributed by atoms with Crippen molar-refractivity contribution in [2.75, 3.05) is 5.32 Å². The Morgan fingerprint density at radius 1 is 1.22 bits per heavy atom. The number of hydrogen-bond donors (Lipinski definition) is 1. The average molecular weight is 243 g/mol. The number of carbonyl (C=O) groups is 1. The third-order valence-corrected chi connectivity index (χ3v) is 3.82. The molecule has 2 nitrogen and oxygen atoms in total. The van der Waals surface area contributed by atoms with E-state index < -0.39 is 0 Å². The summed E-state index contributed by atoms with van der Waals surface area (Å²) in [6.45, 7) is 3.94.